The lowest BCUT2D eigenvalue weighted by atomic mass is 9.84. The summed E-state index contributed by atoms with van der Waals surface area (Å²) in [6, 6.07) is 0.276. The van der Waals surface area contributed by atoms with Gasteiger partial charge in [-0.15, -0.1) is 0 Å². The minimum Gasteiger partial charge on any atom is -0.481 e. The van der Waals surface area contributed by atoms with E-state index in [-0.39, 0.29) is 18.6 Å². The number of hydrogen-bond donors (Lipinski definition) is 2. The second-order valence-electron chi connectivity index (χ2n) is 8.16. The molecule has 0 unspecified atom stereocenters. The van der Waals surface area contributed by atoms with E-state index in [2.05, 4.69) is 12.2 Å². The Balaban J connectivity index is 1.94. The molecule has 0 aromatic heterocycles. The Morgan fingerprint density at radius 3 is 2.35 bits per heavy atom. The summed E-state index contributed by atoms with van der Waals surface area (Å²) in [5, 5.41) is 12.7. The highest BCUT2D eigenvalue weighted by Crippen LogP contribution is 2.32. The third kappa shape index (κ3) is 4.83. The fourth-order valence-corrected chi connectivity index (χ4v) is 3.74. The third-order valence-corrected chi connectivity index (χ3v) is 4.77. The van der Waals surface area contributed by atoms with E-state index in [1.54, 1.807) is 4.90 Å². The molecule has 6 nitrogen and oxygen atoms in total. The van der Waals surface area contributed by atoms with E-state index in [9.17, 15) is 14.7 Å². The van der Waals surface area contributed by atoms with E-state index in [0.717, 1.165) is 0 Å². The highest BCUT2D eigenvalue weighted by Gasteiger charge is 2.49. The number of hydrogen-bond acceptors (Lipinski definition) is 4. The Morgan fingerprint density at radius 1 is 1.30 bits per heavy atom. The van der Waals surface area contributed by atoms with Gasteiger partial charge in [0.1, 0.15) is 5.60 Å². The Labute approximate surface area is 138 Å². The minimum absolute atomic E-state index is 0.0311. The van der Waals surface area contributed by atoms with Crippen molar-refractivity contribution in [2.75, 3.05) is 13.1 Å². The van der Waals surface area contributed by atoms with Crippen LogP contribution < -0.4 is 5.32 Å². The maximum Gasteiger partial charge on any atom is 0.410 e. The average Bonchev–Trinajstić information content (AvgIpc) is 2.85. The molecule has 6 heteroatoms. The fraction of sp³-hybridized carbons (Fsp3) is 0.882. The smallest absolute Gasteiger partial charge is 0.410 e. The number of carboxylic acids is 1. The highest BCUT2D eigenvalue weighted by molar-refractivity contribution is 5.73. The molecule has 1 aliphatic heterocycles. The van der Waals surface area contributed by atoms with Crippen LogP contribution in [0.2, 0.25) is 0 Å². The first kappa shape index (κ1) is 18.0. The Hall–Kier alpha value is -1.30. The first-order valence-electron chi connectivity index (χ1n) is 8.58. The number of likely N-dealkylation sites (tertiary alicyclic amines) is 1. The second-order valence-corrected chi connectivity index (χ2v) is 8.16. The van der Waals surface area contributed by atoms with Crippen molar-refractivity contribution < 1.29 is 19.4 Å². The van der Waals surface area contributed by atoms with Crippen LogP contribution in [0.25, 0.3) is 0 Å². The van der Waals surface area contributed by atoms with Crippen LogP contribution in [0.4, 0.5) is 4.79 Å². The largest absolute Gasteiger partial charge is 0.481 e. The summed E-state index contributed by atoms with van der Waals surface area (Å²) in [7, 11) is 0. The lowest BCUT2D eigenvalue weighted by Crippen LogP contribution is -2.73. The molecule has 0 aromatic carbocycles. The Bertz CT molecular complexity index is 446. The maximum absolute atomic E-state index is 12.1. The first-order valence-corrected chi connectivity index (χ1v) is 8.58. The van der Waals surface area contributed by atoms with Crippen molar-refractivity contribution in [1.82, 2.24) is 10.2 Å². The molecule has 0 bridgehead atoms. The SMILES string of the molecule is C[C@@H](NC1(CC(=O)O)CN(C(=O)OC(C)(C)C)C1)C1CCCC1. The predicted molar refractivity (Wildman–Crippen MR) is 87.3 cm³/mol. The van der Waals surface area contributed by atoms with Gasteiger partial charge in [0.15, 0.2) is 0 Å². The summed E-state index contributed by atoms with van der Waals surface area (Å²) in [5.74, 6) is -0.226. The number of carbonyl (C=O) groups is 2. The number of nitrogens with one attached hydrogen (secondary N) is 1. The van der Waals surface area contributed by atoms with Crippen LogP contribution in [0, 0.1) is 5.92 Å². The molecule has 2 fully saturated rings. The molecule has 1 heterocycles. The van der Waals surface area contributed by atoms with Crippen LogP contribution in [0.5, 0.6) is 0 Å². The van der Waals surface area contributed by atoms with Crippen LogP contribution >= 0.6 is 0 Å². The van der Waals surface area contributed by atoms with Crippen molar-refractivity contribution >= 4 is 12.1 Å². The first-order chi connectivity index (χ1) is 10.6. The van der Waals surface area contributed by atoms with Gasteiger partial charge in [0.25, 0.3) is 0 Å². The van der Waals surface area contributed by atoms with E-state index in [1.807, 2.05) is 20.8 Å². The van der Waals surface area contributed by atoms with Gasteiger partial charge in [-0.2, -0.15) is 0 Å². The quantitative estimate of drug-likeness (QED) is 0.812. The second kappa shape index (κ2) is 6.67. The Morgan fingerprint density at radius 2 is 1.87 bits per heavy atom. The van der Waals surface area contributed by atoms with Crippen LogP contribution in [0.15, 0.2) is 0 Å². The number of rotatable bonds is 5. The maximum atomic E-state index is 12.1. The zero-order chi connectivity index (χ0) is 17.3. The summed E-state index contributed by atoms with van der Waals surface area (Å²) in [6.45, 7) is 8.41. The van der Waals surface area contributed by atoms with Gasteiger partial charge in [-0.1, -0.05) is 12.8 Å². The molecule has 1 amide bonds. The standard InChI is InChI=1S/C17H30N2O4/c1-12(13-7-5-6-8-13)18-17(9-14(20)21)10-19(11-17)15(22)23-16(2,3)4/h12-13,18H,5-11H2,1-4H3,(H,20,21)/t12-/m1/s1. The van der Waals surface area contributed by atoms with Crippen molar-refractivity contribution in [2.45, 2.75) is 77.0 Å². The van der Waals surface area contributed by atoms with Gasteiger partial charge in [-0.3, -0.25) is 4.79 Å². The number of nitrogens with zero attached hydrogens (tertiary/aromatic N) is 1. The van der Waals surface area contributed by atoms with Crippen molar-refractivity contribution in [1.29, 1.82) is 0 Å². The molecule has 0 spiro atoms. The van der Waals surface area contributed by atoms with E-state index in [4.69, 9.17) is 4.74 Å². The molecule has 0 radical (unpaired) electrons. The van der Waals surface area contributed by atoms with Crippen LogP contribution in [-0.4, -0.2) is 52.3 Å². The summed E-state index contributed by atoms with van der Waals surface area (Å²) in [4.78, 5) is 24.9. The monoisotopic (exact) mass is 326 g/mol. The lowest BCUT2D eigenvalue weighted by Gasteiger charge is -2.51. The van der Waals surface area contributed by atoms with Gasteiger partial charge in [-0.25, -0.2) is 4.79 Å². The van der Waals surface area contributed by atoms with Crippen molar-refractivity contribution in [3.8, 4) is 0 Å². The summed E-state index contributed by atoms with van der Waals surface area (Å²) in [5.41, 5.74) is -1.06. The van der Waals surface area contributed by atoms with E-state index >= 15 is 0 Å². The van der Waals surface area contributed by atoms with Crippen molar-refractivity contribution in [3.63, 3.8) is 0 Å². The third-order valence-electron chi connectivity index (χ3n) is 4.77. The Kier molecular flexibility index (Phi) is 5.23. The van der Waals surface area contributed by atoms with E-state index in [0.29, 0.717) is 19.0 Å². The number of ether oxygens (including phenoxy) is 1. The molecule has 1 saturated carbocycles. The molecule has 23 heavy (non-hydrogen) atoms. The number of aliphatic carboxylic acids is 1. The van der Waals surface area contributed by atoms with Gasteiger partial charge in [0, 0.05) is 19.1 Å². The predicted octanol–water partition coefficient (Wildman–Crippen LogP) is 2.62. The van der Waals surface area contributed by atoms with Gasteiger partial charge < -0.3 is 20.1 Å². The zero-order valence-corrected chi connectivity index (χ0v) is 14.7. The van der Waals surface area contributed by atoms with Gasteiger partial charge >= 0.3 is 12.1 Å². The topological polar surface area (TPSA) is 78.9 Å². The normalized spacial score (nSPS) is 22.5. The molecule has 2 rings (SSSR count). The molecule has 1 saturated heterocycles. The molecular weight excluding hydrogens is 296 g/mol. The van der Waals surface area contributed by atoms with Gasteiger partial charge in [-0.05, 0) is 46.5 Å². The molecule has 1 atom stereocenters. The van der Waals surface area contributed by atoms with E-state index < -0.39 is 17.1 Å². The molecule has 0 aromatic rings. The summed E-state index contributed by atoms with van der Waals surface area (Å²) in [6.07, 6.45) is 4.58. The molecule has 1 aliphatic carbocycles. The van der Waals surface area contributed by atoms with Crippen LogP contribution in [0.3, 0.4) is 0 Å². The fourth-order valence-electron chi connectivity index (χ4n) is 3.74. The summed E-state index contributed by atoms with van der Waals surface area (Å²) < 4.78 is 5.36. The van der Waals surface area contributed by atoms with Crippen molar-refractivity contribution in [2.24, 2.45) is 5.92 Å². The lowest BCUT2D eigenvalue weighted by molar-refractivity contribution is -0.141. The number of carboxylic acid groups (broad SMARTS) is 1. The van der Waals surface area contributed by atoms with Crippen LogP contribution in [0.1, 0.15) is 59.8 Å². The van der Waals surface area contributed by atoms with Crippen LogP contribution in [-0.2, 0) is 9.53 Å². The highest BCUT2D eigenvalue weighted by atomic mass is 16.6. The molecule has 132 valence electrons. The summed E-state index contributed by atoms with van der Waals surface area (Å²) >= 11 is 0. The van der Waals surface area contributed by atoms with Gasteiger partial charge in [0.05, 0.1) is 12.0 Å². The molecular formula is C17H30N2O4. The molecule has 2 N–H and O–H groups in total. The van der Waals surface area contributed by atoms with Crippen molar-refractivity contribution in [3.05, 3.63) is 0 Å². The molecule has 2 aliphatic rings. The minimum atomic E-state index is -0.833. The van der Waals surface area contributed by atoms with Gasteiger partial charge in [0.2, 0.25) is 0 Å². The number of carbonyl (C=O) groups excluding carboxylic acids is 1. The average molecular weight is 326 g/mol. The van der Waals surface area contributed by atoms with E-state index in [1.165, 1.54) is 25.7 Å². The number of amides is 1. The zero-order valence-electron chi connectivity index (χ0n) is 14.7.